The zero-order valence-corrected chi connectivity index (χ0v) is 18.1. The van der Waals surface area contributed by atoms with Crippen molar-refractivity contribution < 1.29 is 0 Å². The van der Waals surface area contributed by atoms with Gasteiger partial charge in [-0.15, -0.1) is 0 Å². The summed E-state index contributed by atoms with van der Waals surface area (Å²) in [4.78, 5) is 9.15. The Labute approximate surface area is 179 Å². The van der Waals surface area contributed by atoms with Gasteiger partial charge >= 0.3 is 0 Å². The molecule has 4 rings (SSSR count). The molecule has 1 aromatic carbocycles. The normalized spacial score (nSPS) is 11.6. The van der Waals surface area contributed by atoms with Crippen molar-refractivity contribution in [2.75, 3.05) is 0 Å². The fraction of sp³-hybridized carbons (Fsp3) is 0.259. The number of nitrogens with zero attached hydrogens (tertiary/aromatic N) is 3. The minimum absolute atomic E-state index is 1.00. The Morgan fingerprint density at radius 2 is 1.83 bits per heavy atom. The summed E-state index contributed by atoms with van der Waals surface area (Å²) in [5, 5.41) is 1.22. The zero-order valence-electron chi connectivity index (χ0n) is 18.1. The first kappa shape index (κ1) is 20.1. The number of fused-ring (bicyclic) bond motifs is 1. The highest BCUT2D eigenvalue weighted by Crippen LogP contribution is 2.29. The zero-order chi connectivity index (χ0) is 20.9. The van der Waals surface area contributed by atoms with Crippen LogP contribution in [0.1, 0.15) is 48.4 Å². The molecule has 3 heteroatoms. The molecule has 0 saturated carbocycles. The van der Waals surface area contributed by atoms with Gasteiger partial charge in [0.25, 0.3) is 0 Å². The first-order valence-electron chi connectivity index (χ1n) is 10.8. The van der Waals surface area contributed by atoms with Crippen LogP contribution in [0.5, 0.6) is 0 Å². The largest absolute Gasteiger partial charge is 0.349 e. The van der Waals surface area contributed by atoms with Crippen LogP contribution in [0.25, 0.3) is 34.4 Å². The van der Waals surface area contributed by atoms with Gasteiger partial charge < -0.3 is 4.57 Å². The molecule has 0 spiro atoms. The molecule has 0 unspecified atom stereocenters. The Balaban J connectivity index is 1.84. The lowest BCUT2D eigenvalue weighted by Crippen LogP contribution is -1.97. The van der Waals surface area contributed by atoms with Crippen LogP contribution in [0, 0.1) is 6.92 Å². The number of hydrogen-bond donors (Lipinski definition) is 0. The summed E-state index contributed by atoms with van der Waals surface area (Å²) >= 11 is 0. The Hall–Kier alpha value is -3.20. The van der Waals surface area contributed by atoms with Crippen LogP contribution >= 0.6 is 0 Å². The highest BCUT2D eigenvalue weighted by molar-refractivity contribution is 5.93. The molecule has 3 nitrogen and oxygen atoms in total. The maximum absolute atomic E-state index is 5.03. The molecule has 152 valence electrons. The predicted molar refractivity (Wildman–Crippen MR) is 127 cm³/mol. The molecule has 0 amide bonds. The number of hydrogen-bond acceptors (Lipinski definition) is 2. The van der Waals surface area contributed by atoms with E-state index in [4.69, 9.17) is 4.98 Å². The smallest absolute Gasteiger partial charge is 0.0880 e. The summed E-state index contributed by atoms with van der Waals surface area (Å²) in [6, 6.07) is 15.1. The molecule has 3 heterocycles. The van der Waals surface area contributed by atoms with Gasteiger partial charge in [-0.1, -0.05) is 31.9 Å². The molecule has 0 fully saturated rings. The molecule has 0 saturated heterocycles. The fourth-order valence-corrected chi connectivity index (χ4v) is 3.94. The Morgan fingerprint density at radius 3 is 2.57 bits per heavy atom. The van der Waals surface area contributed by atoms with E-state index in [1.807, 2.05) is 24.5 Å². The second-order valence-corrected chi connectivity index (χ2v) is 7.97. The van der Waals surface area contributed by atoms with Crippen LogP contribution in [0.2, 0.25) is 0 Å². The highest BCUT2D eigenvalue weighted by atomic mass is 14.9. The molecule has 0 N–H and O–H groups in total. The van der Waals surface area contributed by atoms with Crippen LogP contribution in [0.3, 0.4) is 0 Å². The summed E-state index contributed by atoms with van der Waals surface area (Å²) in [5.41, 5.74) is 8.29. The van der Waals surface area contributed by atoms with E-state index in [2.05, 4.69) is 79.1 Å². The minimum atomic E-state index is 1.00. The van der Waals surface area contributed by atoms with Crippen molar-refractivity contribution in [3.05, 3.63) is 83.3 Å². The lowest BCUT2D eigenvalue weighted by atomic mass is 9.96. The van der Waals surface area contributed by atoms with Crippen molar-refractivity contribution in [2.24, 2.45) is 7.05 Å². The molecule has 0 aliphatic heterocycles. The summed E-state index contributed by atoms with van der Waals surface area (Å²) in [6.07, 6.45) is 15.0. The molecule has 4 aromatic rings. The van der Waals surface area contributed by atoms with Crippen molar-refractivity contribution in [3.8, 4) is 11.4 Å². The van der Waals surface area contributed by atoms with Crippen molar-refractivity contribution in [3.63, 3.8) is 0 Å². The third-order valence-corrected chi connectivity index (χ3v) is 5.72. The third kappa shape index (κ3) is 4.35. The van der Waals surface area contributed by atoms with Crippen LogP contribution in [-0.2, 0) is 13.5 Å². The van der Waals surface area contributed by atoms with E-state index < -0.39 is 0 Å². The number of rotatable bonds is 7. The standard InChI is InChI=1S/C27H29N3/c1-4-5-6-8-22-18-24-23(11-10-21-12-14-28-15-13-21)19-26(27-9-7-16-30(27)3)29-25(24)17-20(22)2/h7,9-19H,4-6,8H2,1-3H3/b11-10+. The van der Waals surface area contributed by atoms with Crippen molar-refractivity contribution >= 4 is 23.1 Å². The van der Waals surface area contributed by atoms with Crippen LogP contribution in [0.4, 0.5) is 0 Å². The van der Waals surface area contributed by atoms with Gasteiger partial charge in [0.1, 0.15) is 0 Å². The van der Waals surface area contributed by atoms with Crippen LogP contribution < -0.4 is 0 Å². The summed E-state index contributed by atoms with van der Waals surface area (Å²) < 4.78 is 2.12. The molecule has 3 aromatic heterocycles. The van der Waals surface area contributed by atoms with E-state index in [9.17, 15) is 0 Å². The number of aromatic nitrogens is 3. The maximum Gasteiger partial charge on any atom is 0.0880 e. The van der Waals surface area contributed by atoms with Gasteiger partial charge in [0.05, 0.1) is 16.9 Å². The minimum Gasteiger partial charge on any atom is -0.349 e. The SMILES string of the molecule is CCCCCc1cc2c(/C=C/c3ccncc3)cc(-c3cccn3C)nc2cc1C. The summed E-state index contributed by atoms with van der Waals surface area (Å²) in [6.45, 7) is 4.47. The average Bonchev–Trinajstić information content (AvgIpc) is 3.19. The molecule has 0 radical (unpaired) electrons. The van der Waals surface area contributed by atoms with Crippen molar-refractivity contribution in [1.82, 2.24) is 14.5 Å². The quantitative estimate of drug-likeness (QED) is 0.320. The van der Waals surface area contributed by atoms with Gasteiger partial charge in [-0.2, -0.15) is 0 Å². The Kier molecular flexibility index (Phi) is 6.08. The first-order valence-corrected chi connectivity index (χ1v) is 10.8. The summed E-state index contributed by atoms with van der Waals surface area (Å²) in [5.74, 6) is 0. The molecule has 0 atom stereocenters. The topological polar surface area (TPSA) is 30.7 Å². The molecule has 0 aliphatic carbocycles. The predicted octanol–water partition coefficient (Wildman–Crippen LogP) is 6.85. The van der Waals surface area contributed by atoms with Gasteiger partial charge in [0.15, 0.2) is 0 Å². The number of benzene rings is 1. The molecule has 30 heavy (non-hydrogen) atoms. The summed E-state index contributed by atoms with van der Waals surface area (Å²) in [7, 11) is 2.07. The number of unbranched alkanes of at least 4 members (excludes halogenated alkanes) is 2. The second kappa shape index (κ2) is 9.08. The van der Waals surface area contributed by atoms with Gasteiger partial charge in [-0.25, -0.2) is 4.98 Å². The van der Waals surface area contributed by atoms with E-state index in [1.54, 1.807) is 0 Å². The van der Waals surface area contributed by atoms with Gasteiger partial charge in [-0.3, -0.25) is 4.98 Å². The first-order chi connectivity index (χ1) is 14.7. The lowest BCUT2D eigenvalue weighted by Gasteiger charge is -2.12. The Bertz CT molecular complexity index is 1170. The molecule has 0 aliphatic rings. The molecular weight excluding hydrogens is 366 g/mol. The third-order valence-electron chi connectivity index (χ3n) is 5.72. The maximum atomic E-state index is 5.03. The van der Waals surface area contributed by atoms with Crippen molar-refractivity contribution in [2.45, 2.75) is 39.5 Å². The number of aryl methyl sites for hydroxylation is 3. The second-order valence-electron chi connectivity index (χ2n) is 7.97. The van der Waals surface area contributed by atoms with Crippen LogP contribution in [0.15, 0.2) is 61.1 Å². The van der Waals surface area contributed by atoms with Gasteiger partial charge in [0, 0.05) is 31.0 Å². The van der Waals surface area contributed by atoms with Gasteiger partial charge in [0.2, 0.25) is 0 Å². The van der Waals surface area contributed by atoms with E-state index in [1.165, 1.54) is 41.3 Å². The van der Waals surface area contributed by atoms with E-state index >= 15 is 0 Å². The molecule has 0 bridgehead atoms. The van der Waals surface area contributed by atoms with Crippen molar-refractivity contribution in [1.29, 1.82) is 0 Å². The average molecular weight is 396 g/mol. The Morgan fingerprint density at radius 1 is 1.00 bits per heavy atom. The van der Waals surface area contributed by atoms with E-state index in [-0.39, 0.29) is 0 Å². The monoisotopic (exact) mass is 395 g/mol. The molecular formula is C27H29N3. The highest BCUT2D eigenvalue weighted by Gasteiger charge is 2.11. The fourth-order valence-electron chi connectivity index (χ4n) is 3.94. The van der Waals surface area contributed by atoms with Gasteiger partial charge in [-0.05, 0) is 84.5 Å². The lowest BCUT2D eigenvalue weighted by molar-refractivity contribution is 0.716. The van der Waals surface area contributed by atoms with Crippen LogP contribution in [-0.4, -0.2) is 14.5 Å². The number of pyridine rings is 2. The van der Waals surface area contributed by atoms with E-state index in [0.29, 0.717) is 0 Å². The van der Waals surface area contributed by atoms with E-state index in [0.717, 1.165) is 28.9 Å².